The number of anilines is 2. The number of hydrogen-bond acceptors (Lipinski definition) is 3. The van der Waals surface area contributed by atoms with Crippen LogP contribution in [-0.2, 0) is 24.0 Å². The van der Waals surface area contributed by atoms with Crippen LogP contribution in [0.25, 0.3) is 10.9 Å². The molecule has 6 rings (SSSR count). The molecule has 0 N–H and O–H groups in total. The molecule has 4 nitrogen and oxygen atoms in total. The summed E-state index contributed by atoms with van der Waals surface area (Å²) in [7, 11) is 0. The van der Waals surface area contributed by atoms with Gasteiger partial charge in [0.25, 0.3) is 5.70 Å². The van der Waals surface area contributed by atoms with Gasteiger partial charge >= 0.3 is 0 Å². The van der Waals surface area contributed by atoms with Gasteiger partial charge < -0.3 is 9.64 Å². The molecule has 0 amide bonds. The van der Waals surface area contributed by atoms with Crippen LogP contribution in [0.5, 0.6) is 0 Å². The van der Waals surface area contributed by atoms with Crippen LogP contribution < -0.4 is 4.90 Å². The normalized spacial score (nSPS) is 18.9. The summed E-state index contributed by atoms with van der Waals surface area (Å²) >= 11 is 0. The van der Waals surface area contributed by atoms with Crippen LogP contribution in [0, 0.1) is 17.9 Å². The number of rotatable bonds is 3. The van der Waals surface area contributed by atoms with Gasteiger partial charge in [0.15, 0.2) is 0 Å². The zero-order valence-electron chi connectivity index (χ0n) is 20.7. The van der Waals surface area contributed by atoms with E-state index in [9.17, 15) is 5.26 Å². The first kappa shape index (κ1) is 22.9. The summed E-state index contributed by atoms with van der Waals surface area (Å²) in [5.74, 6) is 0.694. The minimum absolute atomic E-state index is 0.149. The number of allylic oxidation sites excluding steroid dienone is 3. The number of fused-ring (bicyclic) bond motifs is 2. The molecule has 0 unspecified atom stereocenters. The number of hydrogen-bond donors (Lipinski definition) is 0. The predicted octanol–water partition coefficient (Wildman–Crippen LogP) is 7.32. The van der Waals surface area contributed by atoms with E-state index in [2.05, 4.69) is 88.6 Å². The molecule has 0 atom stereocenters. The Hall–Kier alpha value is -4.54. The Morgan fingerprint density at radius 3 is 2.32 bits per heavy atom. The van der Waals surface area contributed by atoms with Crippen LogP contribution in [0.1, 0.15) is 35.1 Å². The fourth-order valence-corrected chi connectivity index (χ4v) is 5.89. The van der Waals surface area contributed by atoms with Crippen molar-refractivity contribution in [3.63, 3.8) is 0 Å². The van der Waals surface area contributed by atoms with Crippen LogP contribution in [0.15, 0.2) is 102 Å². The fourth-order valence-electron chi connectivity index (χ4n) is 5.89. The van der Waals surface area contributed by atoms with Gasteiger partial charge in [0.05, 0.1) is 12.6 Å². The Kier molecular flexibility index (Phi) is 5.87. The molecule has 1 aliphatic carbocycles. The minimum atomic E-state index is -0.453. The van der Waals surface area contributed by atoms with E-state index in [0.717, 1.165) is 43.4 Å². The molecular formula is C33H27N3O. The molecule has 0 radical (unpaired) electrons. The summed E-state index contributed by atoms with van der Waals surface area (Å²) in [5, 5.41) is 9.56. The topological polar surface area (TPSA) is 40.6 Å². The Labute approximate surface area is 218 Å². The van der Waals surface area contributed by atoms with E-state index in [0.29, 0.717) is 12.2 Å². The number of nitriles is 1. The molecule has 0 saturated heterocycles. The van der Waals surface area contributed by atoms with Crippen molar-refractivity contribution in [2.24, 2.45) is 0 Å². The largest absolute Gasteiger partial charge is 0.486 e. The number of nitrogens with zero attached hydrogens (tertiary/aromatic N) is 3. The van der Waals surface area contributed by atoms with Gasteiger partial charge in [-0.15, -0.1) is 0 Å². The first-order valence-corrected chi connectivity index (χ1v) is 12.8. The van der Waals surface area contributed by atoms with Crippen LogP contribution in [0.2, 0.25) is 0 Å². The molecule has 0 saturated carbocycles. The maximum atomic E-state index is 9.56. The molecule has 3 aliphatic rings. The van der Waals surface area contributed by atoms with E-state index >= 15 is 0 Å². The molecule has 0 fully saturated rings. The van der Waals surface area contributed by atoms with Crippen molar-refractivity contribution in [1.82, 2.24) is 0 Å². The highest BCUT2D eigenvalue weighted by molar-refractivity contribution is 5.69. The smallest absolute Gasteiger partial charge is 0.265 e. The lowest BCUT2D eigenvalue weighted by Gasteiger charge is -2.35. The lowest BCUT2D eigenvalue weighted by Crippen LogP contribution is -2.36. The van der Waals surface area contributed by atoms with E-state index in [1.54, 1.807) is 0 Å². The highest BCUT2D eigenvalue weighted by Crippen LogP contribution is 2.43. The zero-order valence-corrected chi connectivity index (χ0v) is 20.7. The molecule has 2 heterocycles. The number of aryl methyl sites for hydroxylation is 1. The van der Waals surface area contributed by atoms with Crippen LogP contribution in [0.4, 0.5) is 11.4 Å². The lowest BCUT2D eigenvalue weighted by molar-refractivity contribution is 0.0108. The van der Waals surface area contributed by atoms with Gasteiger partial charge in [0.2, 0.25) is 0 Å². The Balaban J connectivity index is 1.26. The molecule has 1 spiro atoms. The molecule has 3 aromatic carbocycles. The predicted molar refractivity (Wildman–Crippen MR) is 147 cm³/mol. The van der Waals surface area contributed by atoms with Crippen molar-refractivity contribution in [3.8, 4) is 6.07 Å². The Morgan fingerprint density at radius 2 is 1.62 bits per heavy atom. The lowest BCUT2D eigenvalue weighted by atomic mass is 9.87. The average Bonchev–Trinajstić information content (AvgIpc) is 3.29. The highest BCUT2D eigenvalue weighted by Gasteiger charge is 2.42. The first-order valence-electron chi connectivity index (χ1n) is 12.8. The standard InChI is InChI=1S/C33H27N3O/c1-35-31(23-34)28-19-30(37-33(22-28)20-26-8-2-3-9-27(26)21-33)17-14-24-12-15-29(16-13-24)36-18-6-10-25-7-4-5-11-32(25)36/h2-5,7-9,11-17,19H,6,10,18,20-22H2. The maximum Gasteiger partial charge on any atom is 0.265 e. The van der Waals surface area contributed by atoms with Crippen molar-refractivity contribution in [3.05, 3.63) is 136 Å². The van der Waals surface area contributed by atoms with E-state index in [1.165, 1.54) is 28.1 Å². The second kappa shape index (κ2) is 9.49. The van der Waals surface area contributed by atoms with Gasteiger partial charge in [-0.05, 0) is 71.0 Å². The van der Waals surface area contributed by atoms with Crippen LogP contribution in [0.3, 0.4) is 0 Å². The summed E-state index contributed by atoms with van der Waals surface area (Å²) < 4.78 is 6.59. The molecule has 2 aliphatic heterocycles. The molecule has 3 aromatic rings. The highest BCUT2D eigenvalue weighted by atomic mass is 16.5. The molecule has 37 heavy (non-hydrogen) atoms. The second-order valence-electron chi connectivity index (χ2n) is 10.0. The number of para-hydroxylation sites is 1. The molecule has 4 heteroatoms. The SMILES string of the molecule is [C-]#[N+]C(C#N)=C1C=C(C=Cc2ccc(N3CCCc4ccccc43)cc2)OC2(C1)Cc1ccccc1C2. The number of ether oxygens (including phenoxy) is 1. The first-order chi connectivity index (χ1) is 18.2. The van der Waals surface area contributed by atoms with Gasteiger partial charge in [0, 0.05) is 37.2 Å². The molecule has 180 valence electrons. The van der Waals surface area contributed by atoms with E-state index in [1.807, 2.05) is 18.2 Å². The Bertz CT molecular complexity index is 1490. The van der Waals surface area contributed by atoms with Gasteiger partial charge in [-0.3, -0.25) is 0 Å². The monoisotopic (exact) mass is 481 g/mol. The maximum absolute atomic E-state index is 9.56. The quantitative estimate of drug-likeness (QED) is 0.291. The van der Waals surface area contributed by atoms with Gasteiger partial charge in [0.1, 0.15) is 11.4 Å². The summed E-state index contributed by atoms with van der Waals surface area (Å²) in [5.41, 5.74) is 7.99. The Morgan fingerprint density at radius 1 is 0.919 bits per heavy atom. The van der Waals surface area contributed by atoms with Crippen molar-refractivity contribution in [2.75, 3.05) is 11.4 Å². The summed E-state index contributed by atoms with van der Waals surface area (Å²) in [6.45, 7) is 8.51. The van der Waals surface area contributed by atoms with Gasteiger partial charge in [-0.25, -0.2) is 10.1 Å². The van der Waals surface area contributed by atoms with E-state index in [4.69, 9.17) is 11.3 Å². The van der Waals surface area contributed by atoms with Gasteiger partial charge in [-0.1, -0.05) is 60.7 Å². The molecule has 0 aromatic heterocycles. The van der Waals surface area contributed by atoms with E-state index < -0.39 is 5.60 Å². The van der Waals surface area contributed by atoms with Crippen LogP contribution in [-0.4, -0.2) is 12.1 Å². The summed E-state index contributed by atoms with van der Waals surface area (Å²) in [6.07, 6.45) is 10.3. The zero-order chi connectivity index (χ0) is 25.2. The second-order valence-corrected chi connectivity index (χ2v) is 10.0. The van der Waals surface area contributed by atoms with E-state index in [-0.39, 0.29) is 5.70 Å². The minimum Gasteiger partial charge on any atom is -0.486 e. The van der Waals surface area contributed by atoms with Gasteiger partial charge in [-0.2, -0.15) is 0 Å². The van der Waals surface area contributed by atoms with Crippen molar-refractivity contribution >= 4 is 17.5 Å². The third-order valence-electron chi connectivity index (χ3n) is 7.58. The van der Waals surface area contributed by atoms with Crippen molar-refractivity contribution in [1.29, 1.82) is 5.26 Å². The average molecular weight is 482 g/mol. The fraction of sp³-hybridized carbons (Fsp3) is 0.212. The third kappa shape index (κ3) is 4.44. The molecule has 0 bridgehead atoms. The molecular weight excluding hydrogens is 454 g/mol. The van der Waals surface area contributed by atoms with Crippen LogP contribution >= 0.6 is 0 Å². The van der Waals surface area contributed by atoms with Crippen molar-refractivity contribution < 1.29 is 4.74 Å². The third-order valence-corrected chi connectivity index (χ3v) is 7.58. The number of benzene rings is 3. The van der Waals surface area contributed by atoms with Crippen molar-refractivity contribution in [2.45, 2.75) is 37.7 Å². The summed E-state index contributed by atoms with van der Waals surface area (Å²) in [6, 6.07) is 27.7. The summed E-state index contributed by atoms with van der Waals surface area (Å²) in [4.78, 5) is 5.89.